The van der Waals surface area contributed by atoms with Gasteiger partial charge in [0.05, 0.1) is 13.2 Å². The summed E-state index contributed by atoms with van der Waals surface area (Å²) in [5.41, 5.74) is 0. The van der Waals surface area contributed by atoms with Crippen LogP contribution in [0.25, 0.3) is 0 Å². The van der Waals surface area contributed by atoms with Crippen LogP contribution in [0.5, 0.6) is 11.5 Å². The van der Waals surface area contributed by atoms with E-state index in [0.717, 1.165) is 31.1 Å². The van der Waals surface area contributed by atoms with Crippen molar-refractivity contribution < 1.29 is 9.47 Å². The molecule has 1 rings (SSSR count). The molecule has 1 aromatic carbocycles. The lowest BCUT2D eigenvalue weighted by atomic mass is 10.3. The Labute approximate surface area is 103 Å². The first kappa shape index (κ1) is 13.4. The van der Waals surface area contributed by atoms with Crippen LogP contribution in [0.3, 0.4) is 0 Å². The molecule has 0 aromatic heterocycles. The number of ether oxygens (including phenoxy) is 2. The van der Waals surface area contributed by atoms with E-state index in [1.807, 2.05) is 24.3 Å². The van der Waals surface area contributed by atoms with E-state index in [-0.39, 0.29) is 0 Å². The minimum absolute atomic E-state index is 0.577. The number of hydrogen-bond donors (Lipinski definition) is 1. The largest absolute Gasteiger partial charge is 0.494 e. The van der Waals surface area contributed by atoms with E-state index in [1.165, 1.54) is 0 Å². The first-order valence-corrected chi connectivity index (χ1v) is 5.86. The zero-order chi connectivity index (χ0) is 12.3. The molecule has 0 saturated carbocycles. The zero-order valence-electron chi connectivity index (χ0n) is 10.2. The molecular weight excluding hydrogens is 214 g/mol. The molecular formula is C14H19NO2. The van der Waals surface area contributed by atoms with Crippen LogP contribution < -0.4 is 14.8 Å². The van der Waals surface area contributed by atoms with E-state index in [1.54, 1.807) is 0 Å². The molecule has 0 heterocycles. The van der Waals surface area contributed by atoms with Gasteiger partial charge >= 0.3 is 0 Å². The molecule has 0 atom stereocenters. The SMILES string of the molecule is C#CCNCCOc1ccc(OCCC)cc1. The van der Waals surface area contributed by atoms with E-state index < -0.39 is 0 Å². The number of benzene rings is 1. The van der Waals surface area contributed by atoms with Gasteiger partial charge in [-0.3, -0.25) is 0 Å². The molecule has 0 aliphatic carbocycles. The number of terminal acetylenes is 1. The first-order chi connectivity index (χ1) is 8.36. The lowest BCUT2D eigenvalue weighted by Gasteiger charge is -2.08. The van der Waals surface area contributed by atoms with E-state index in [9.17, 15) is 0 Å². The second-order valence-corrected chi connectivity index (χ2v) is 3.55. The molecule has 1 aromatic rings. The Morgan fingerprint density at radius 3 is 2.24 bits per heavy atom. The fraction of sp³-hybridized carbons (Fsp3) is 0.429. The molecule has 0 fully saturated rings. The minimum atomic E-state index is 0.577. The van der Waals surface area contributed by atoms with Crippen LogP contribution in [-0.2, 0) is 0 Å². The summed E-state index contributed by atoms with van der Waals surface area (Å²) in [5.74, 6) is 4.23. The molecule has 0 saturated heterocycles. The van der Waals surface area contributed by atoms with Crippen molar-refractivity contribution in [3.05, 3.63) is 24.3 Å². The van der Waals surface area contributed by atoms with Crippen LogP contribution in [0.15, 0.2) is 24.3 Å². The third-order valence-electron chi connectivity index (χ3n) is 2.07. The van der Waals surface area contributed by atoms with Crippen LogP contribution in [-0.4, -0.2) is 26.3 Å². The van der Waals surface area contributed by atoms with Crippen molar-refractivity contribution in [2.75, 3.05) is 26.3 Å². The maximum atomic E-state index is 5.53. The average Bonchev–Trinajstić information content (AvgIpc) is 2.37. The van der Waals surface area contributed by atoms with Crippen LogP contribution >= 0.6 is 0 Å². The average molecular weight is 233 g/mol. The summed E-state index contributed by atoms with van der Waals surface area (Å²) in [7, 11) is 0. The van der Waals surface area contributed by atoms with Crippen LogP contribution in [0.2, 0.25) is 0 Å². The van der Waals surface area contributed by atoms with E-state index in [0.29, 0.717) is 13.2 Å². The van der Waals surface area contributed by atoms with E-state index >= 15 is 0 Å². The van der Waals surface area contributed by atoms with Gasteiger partial charge in [0.15, 0.2) is 0 Å². The summed E-state index contributed by atoms with van der Waals surface area (Å²) < 4.78 is 11.0. The summed E-state index contributed by atoms with van der Waals surface area (Å²) in [5, 5.41) is 3.06. The standard InChI is InChI=1S/C14H19NO2/c1-3-9-15-10-12-17-14-7-5-13(6-8-14)16-11-4-2/h1,5-8,15H,4,9-12H2,2H3. The molecule has 92 valence electrons. The summed E-state index contributed by atoms with van der Waals surface area (Å²) in [6.07, 6.45) is 6.12. The molecule has 0 unspecified atom stereocenters. The molecule has 3 nitrogen and oxygen atoms in total. The van der Waals surface area contributed by atoms with Gasteiger partial charge in [0.2, 0.25) is 0 Å². The highest BCUT2D eigenvalue weighted by molar-refractivity contribution is 5.31. The first-order valence-electron chi connectivity index (χ1n) is 5.86. The molecule has 17 heavy (non-hydrogen) atoms. The zero-order valence-corrected chi connectivity index (χ0v) is 10.2. The second-order valence-electron chi connectivity index (χ2n) is 3.55. The van der Waals surface area contributed by atoms with Crippen molar-refractivity contribution in [3.63, 3.8) is 0 Å². The molecule has 0 spiro atoms. The minimum Gasteiger partial charge on any atom is -0.494 e. The van der Waals surface area contributed by atoms with Crippen LogP contribution in [0.1, 0.15) is 13.3 Å². The maximum Gasteiger partial charge on any atom is 0.119 e. The monoisotopic (exact) mass is 233 g/mol. The van der Waals surface area contributed by atoms with Gasteiger partial charge in [0.25, 0.3) is 0 Å². The molecule has 3 heteroatoms. The maximum absolute atomic E-state index is 5.53. The van der Waals surface area contributed by atoms with Gasteiger partial charge in [-0.05, 0) is 30.7 Å². The van der Waals surface area contributed by atoms with Gasteiger partial charge in [-0.25, -0.2) is 0 Å². The Bertz CT molecular complexity index is 340. The smallest absolute Gasteiger partial charge is 0.119 e. The Kier molecular flexibility index (Phi) is 6.69. The number of rotatable bonds is 8. The Hall–Kier alpha value is -1.66. The molecule has 0 aliphatic rings. The highest BCUT2D eigenvalue weighted by Gasteiger charge is 1.95. The summed E-state index contributed by atoms with van der Waals surface area (Å²) in [4.78, 5) is 0. The highest BCUT2D eigenvalue weighted by Crippen LogP contribution is 2.17. The lowest BCUT2D eigenvalue weighted by Crippen LogP contribution is -2.21. The predicted molar refractivity (Wildman–Crippen MR) is 69.4 cm³/mol. The van der Waals surface area contributed by atoms with E-state index in [4.69, 9.17) is 15.9 Å². The fourth-order valence-corrected chi connectivity index (χ4v) is 1.25. The second kappa shape index (κ2) is 8.49. The van der Waals surface area contributed by atoms with Gasteiger partial charge in [-0.1, -0.05) is 12.8 Å². The van der Waals surface area contributed by atoms with Gasteiger partial charge in [-0.2, -0.15) is 0 Å². The normalized spacial score (nSPS) is 9.65. The highest BCUT2D eigenvalue weighted by atomic mass is 16.5. The Balaban J connectivity index is 2.23. The molecule has 0 bridgehead atoms. The topological polar surface area (TPSA) is 30.5 Å². The van der Waals surface area contributed by atoms with Crippen LogP contribution in [0, 0.1) is 12.3 Å². The lowest BCUT2D eigenvalue weighted by molar-refractivity contribution is 0.308. The fourth-order valence-electron chi connectivity index (χ4n) is 1.25. The number of nitrogens with one attached hydrogen (secondary N) is 1. The van der Waals surface area contributed by atoms with Gasteiger partial charge in [0.1, 0.15) is 18.1 Å². The third-order valence-corrected chi connectivity index (χ3v) is 2.07. The predicted octanol–water partition coefficient (Wildman–Crippen LogP) is 2.08. The summed E-state index contributed by atoms with van der Waals surface area (Å²) in [6, 6.07) is 7.65. The molecule has 1 N–H and O–H groups in total. The summed E-state index contributed by atoms with van der Waals surface area (Å²) >= 11 is 0. The Morgan fingerprint density at radius 1 is 1.12 bits per heavy atom. The summed E-state index contributed by atoms with van der Waals surface area (Å²) in [6.45, 7) is 4.76. The Morgan fingerprint density at radius 2 is 1.71 bits per heavy atom. The third kappa shape index (κ3) is 5.84. The van der Waals surface area contributed by atoms with Crippen LogP contribution in [0.4, 0.5) is 0 Å². The van der Waals surface area contributed by atoms with Gasteiger partial charge in [0, 0.05) is 6.54 Å². The molecule has 0 amide bonds. The van der Waals surface area contributed by atoms with Crippen molar-refractivity contribution in [3.8, 4) is 23.8 Å². The van der Waals surface area contributed by atoms with E-state index in [2.05, 4.69) is 18.2 Å². The van der Waals surface area contributed by atoms with Gasteiger partial charge < -0.3 is 14.8 Å². The molecule has 0 radical (unpaired) electrons. The van der Waals surface area contributed by atoms with Crippen molar-refractivity contribution in [2.45, 2.75) is 13.3 Å². The van der Waals surface area contributed by atoms with Crippen molar-refractivity contribution >= 4 is 0 Å². The number of hydrogen-bond acceptors (Lipinski definition) is 3. The van der Waals surface area contributed by atoms with Gasteiger partial charge in [-0.15, -0.1) is 6.42 Å². The molecule has 0 aliphatic heterocycles. The quantitative estimate of drug-likeness (QED) is 0.551. The van der Waals surface area contributed by atoms with Crippen molar-refractivity contribution in [1.29, 1.82) is 0 Å². The van der Waals surface area contributed by atoms with Crippen molar-refractivity contribution in [2.24, 2.45) is 0 Å². The van der Waals surface area contributed by atoms with Crippen molar-refractivity contribution in [1.82, 2.24) is 5.32 Å².